The van der Waals surface area contributed by atoms with Crippen molar-refractivity contribution in [3.05, 3.63) is 77.4 Å². The topological polar surface area (TPSA) is 26.3 Å². The van der Waals surface area contributed by atoms with Crippen LogP contribution in [0.3, 0.4) is 0 Å². The van der Waals surface area contributed by atoms with Crippen molar-refractivity contribution in [1.29, 1.82) is 0 Å². The molecule has 0 aliphatic rings. The van der Waals surface area contributed by atoms with Gasteiger partial charge in [0.25, 0.3) is 0 Å². The summed E-state index contributed by atoms with van der Waals surface area (Å²) >= 11 is 0. The van der Waals surface area contributed by atoms with E-state index in [1.807, 2.05) is 74.5 Å². The van der Waals surface area contributed by atoms with E-state index in [1.54, 1.807) is 0 Å². The molecular formula is C19H20O2. The summed E-state index contributed by atoms with van der Waals surface area (Å²) < 4.78 is 5.43. The van der Waals surface area contributed by atoms with Crippen LogP contribution >= 0.6 is 0 Å². The van der Waals surface area contributed by atoms with E-state index < -0.39 is 0 Å². The van der Waals surface area contributed by atoms with E-state index >= 15 is 0 Å². The highest BCUT2D eigenvalue weighted by Gasteiger charge is 2.13. The van der Waals surface area contributed by atoms with Gasteiger partial charge in [0.2, 0.25) is 0 Å². The van der Waals surface area contributed by atoms with Crippen LogP contribution in [-0.4, -0.2) is 5.97 Å². The van der Waals surface area contributed by atoms with Crippen LogP contribution in [0.4, 0.5) is 0 Å². The second-order valence-corrected chi connectivity index (χ2v) is 4.88. The summed E-state index contributed by atoms with van der Waals surface area (Å²) in [5.41, 5.74) is 3.78. The van der Waals surface area contributed by atoms with Crippen molar-refractivity contribution in [2.45, 2.75) is 26.9 Å². The maximum Gasteiger partial charge on any atom is 0.334 e. The van der Waals surface area contributed by atoms with Gasteiger partial charge in [-0.2, -0.15) is 0 Å². The van der Waals surface area contributed by atoms with Gasteiger partial charge in [-0.05, 0) is 30.0 Å². The quantitative estimate of drug-likeness (QED) is 0.590. The molecular weight excluding hydrogens is 260 g/mol. The lowest BCUT2D eigenvalue weighted by Crippen LogP contribution is -2.09. The Morgan fingerprint density at radius 1 is 0.952 bits per heavy atom. The number of rotatable bonds is 5. The van der Waals surface area contributed by atoms with Gasteiger partial charge in [0.05, 0.1) is 0 Å². The number of ether oxygens (including phenoxy) is 1. The Hall–Kier alpha value is -2.35. The zero-order valence-electron chi connectivity index (χ0n) is 12.5. The molecule has 0 heterocycles. The smallest absolute Gasteiger partial charge is 0.334 e. The Bertz CT molecular complexity index is 613. The van der Waals surface area contributed by atoms with Gasteiger partial charge in [-0.15, -0.1) is 0 Å². The van der Waals surface area contributed by atoms with Crippen LogP contribution in [0.5, 0.6) is 0 Å². The lowest BCUT2D eigenvalue weighted by Gasteiger charge is -2.11. The van der Waals surface area contributed by atoms with Crippen molar-refractivity contribution in [1.82, 2.24) is 0 Å². The van der Waals surface area contributed by atoms with Gasteiger partial charge < -0.3 is 4.74 Å². The third kappa shape index (κ3) is 4.06. The van der Waals surface area contributed by atoms with E-state index in [0.29, 0.717) is 13.0 Å². The first-order valence-corrected chi connectivity index (χ1v) is 7.18. The lowest BCUT2D eigenvalue weighted by molar-refractivity contribution is -0.140. The maximum absolute atomic E-state index is 12.3. The predicted octanol–water partition coefficient (Wildman–Crippen LogP) is 4.61. The summed E-state index contributed by atoms with van der Waals surface area (Å²) in [5, 5.41) is 0. The molecule has 2 aromatic rings. The third-order valence-corrected chi connectivity index (χ3v) is 3.47. The highest BCUT2D eigenvalue weighted by atomic mass is 16.5. The lowest BCUT2D eigenvalue weighted by atomic mass is 10.00. The molecule has 0 bridgehead atoms. The zero-order valence-corrected chi connectivity index (χ0v) is 12.5. The van der Waals surface area contributed by atoms with Crippen LogP contribution in [0.1, 0.15) is 31.4 Å². The minimum atomic E-state index is -0.234. The van der Waals surface area contributed by atoms with Crippen molar-refractivity contribution in [2.24, 2.45) is 0 Å². The predicted molar refractivity (Wildman–Crippen MR) is 85.6 cm³/mol. The molecule has 0 atom stereocenters. The van der Waals surface area contributed by atoms with Crippen LogP contribution < -0.4 is 0 Å². The van der Waals surface area contributed by atoms with Crippen molar-refractivity contribution >= 4 is 11.5 Å². The first-order valence-electron chi connectivity index (χ1n) is 7.18. The summed E-state index contributed by atoms with van der Waals surface area (Å²) in [5.74, 6) is -0.234. The molecule has 2 aromatic carbocycles. The molecule has 0 aliphatic heterocycles. The second kappa shape index (κ2) is 7.44. The number of benzene rings is 2. The summed E-state index contributed by atoms with van der Waals surface area (Å²) in [4.78, 5) is 12.3. The molecule has 0 N–H and O–H groups in total. The first-order chi connectivity index (χ1) is 10.2. The molecule has 0 saturated carbocycles. The molecule has 0 unspecified atom stereocenters. The summed E-state index contributed by atoms with van der Waals surface area (Å²) in [6.07, 6.45) is 0.661. The highest BCUT2D eigenvalue weighted by Crippen LogP contribution is 2.21. The number of allylic oxidation sites excluding steroid dienone is 1. The van der Waals surface area contributed by atoms with Crippen molar-refractivity contribution in [2.75, 3.05) is 0 Å². The standard InChI is InChI=1S/C19H20O2/c1-3-18(15(2)17-12-8-5-9-13-17)19(20)21-14-16-10-6-4-7-11-16/h4-13H,3,14H2,1-2H3/b18-15-. The number of hydrogen-bond acceptors (Lipinski definition) is 2. The number of carbonyl (C=O) groups is 1. The molecule has 0 saturated heterocycles. The normalized spacial score (nSPS) is 11.7. The first kappa shape index (κ1) is 15.0. The average Bonchev–Trinajstić information content (AvgIpc) is 2.55. The summed E-state index contributed by atoms with van der Waals surface area (Å²) in [7, 11) is 0. The monoisotopic (exact) mass is 280 g/mol. The van der Waals surface area contributed by atoms with Crippen LogP contribution in [0.15, 0.2) is 66.2 Å². The largest absolute Gasteiger partial charge is 0.457 e. The fourth-order valence-corrected chi connectivity index (χ4v) is 2.24. The number of hydrogen-bond donors (Lipinski definition) is 0. The van der Waals surface area contributed by atoms with E-state index in [-0.39, 0.29) is 5.97 Å². The van der Waals surface area contributed by atoms with E-state index in [2.05, 4.69) is 0 Å². The Balaban J connectivity index is 2.12. The van der Waals surface area contributed by atoms with Gasteiger partial charge in [-0.3, -0.25) is 0 Å². The SMILES string of the molecule is CC/C(C(=O)OCc1ccccc1)=C(\C)c1ccccc1. The molecule has 2 rings (SSSR count). The van der Waals surface area contributed by atoms with E-state index in [1.165, 1.54) is 0 Å². The average molecular weight is 280 g/mol. The summed E-state index contributed by atoms with van der Waals surface area (Å²) in [6, 6.07) is 19.7. The van der Waals surface area contributed by atoms with Crippen LogP contribution in [0.2, 0.25) is 0 Å². The van der Waals surface area contributed by atoms with Crippen molar-refractivity contribution < 1.29 is 9.53 Å². The zero-order chi connectivity index (χ0) is 15.1. The Labute approximate surface area is 126 Å². The Morgan fingerprint density at radius 3 is 2.10 bits per heavy atom. The molecule has 0 radical (unpaired) electrons. The van der Waals surface area contributed by atoms with Crippen molar-refractivity contribution in [3.8, 4) is 0 Å². The van der Waals surface area contributed by atoms with Crippen LogP contribution in [0, 0.1) is 0 Å². The third-order valence-electron chi connectivity index (χ3n) is 3.47. The van der Waals surface area contributed by atoms with Crippen LogP contribution in [0.25, 0.3) is 5.57 Å². The molecule has 0 amide bonds. The minimum absolute atomic E-state index is 0.234. The van der Waals surface area contributed by atoms with Gasteiger partial charge in [-0.25, -0.2) is 4.79 Å². The summed E-state index contributed by atoms with van der Waals surface area (Å²) in [6.45, 7) is 4.26. The molecule has 0 aromatic heterocycles. The minimum Gasteiger partial charge on any atom is -0.457 e. The van der Waals surface area contributed by atoms with E-state index in [9.17, 15) is 4.79 Å². The molecule has 2 nitrogen and oxygen atoms in total. The van der Waals surface area contributed by atoms with Gasteiger partial charge in [-0.1, -0.05) is 67.6 Å². The van der Waals surface area contributed by atoms with E-state index in [0.717, 1.165) is 22.3 Å². The number of carbonyl (C=O) groups excluding carboxylic acids is 1. The molecule has 0 spiro atoms. The maximum atomic E-state index is 12.3. The molecule has 108 valence electrons. The molecule has 0 fully saturated rings. The van der Waals surface area contributed by atoms with Gasteiger partial charge in [0.15, 0.2) is 0 Å². The highest BCUT2D eigenvalue weighted by molar-refractivity contribution is 5.97. The fourth-order valence-electron chi connectivity index (χ4n) is 2.24. The van der Waals surface area contributed by atoms with Gasteiger partial charge in [0, 0.05) is 5.57 Å². The molecule has 0 aliphatic carbocycles. The molecule has 21 heavy (non-hydrogen) atoms. The van der Waals surface area contributed by atoms with Gasteiger partial charge >= 0.3 is 5.97 Å². The number of esters is 1. The van der Waals surface area contributed by atoms with Crippen LogP contribution in [-0.2, 0) is 16.1 Å². The fraction of sp³-hybridized carbons (Fsp3) is 0.211. The Kier molecular flexibility index (Phi) is 5.33. The van der Waals surface area contributed by atoms with Crippen molar-refractivity contribution in [3.63, 3.8) is 0 Å². The molecule has 2 heteroatoms. The van der Waals surface area contributed by atoms with E-state index in [4.69, 9.17) is 4.74 Å². The second-order valence-electron chi connectivity index (χ2n) is 4.88. The van der Waals surface area contributed by atoms with Gasteiger partial charge in [0.1, 0.15) is 6.61 Å². The Morgan fingerprint density at radius 2 is 1.52 bits per heavy atom.